The topological polar surface area (TPSA) is 0 Å². The van der Waals surface area contributed by atoms with Crippen LogP contribution in [0.2, 0.25) is 0 Å². The maximum Gasteiger partial charge on any atom is -0.0329 e. The van der Waals surface area contributed by atoms with Crippen molar-refractivity contribution in [3.05, 3.63) is 0 Å². The molecule has 5 unspecified atom stereocenters. The Labute approximate surface area is 96.8 Å². The molecule has 0 radical (unpaired) electrons. The molecular formula is C15H30. The largest absolute Gasteiger partial charge is 0.0651 e. The van der Waals surface area contributed by atoms with Gasteiger partial charge in [0.1, 0.15) is 0 Å². The Morgan fingerprint density at radius 3 is 2.13 bits per heavy atom. The fourth-order valence-electron chi connectivity index (χ4n) is 3.58. The fraction of sp³-hybridized carbons (Fsp3) is 1.00. The molecule has 0 heterocycles. The van der Waals surface area contributed by atoms with E-state index in [9.17, 15) is 0 Å². The Bertz CT molecular complexity index is 182. The van der Waals surface area contributed by atoms with Crippen LogP contribution in [0.3, 0.4) is 0 Å². The van der Waals surface area contributed by atoms with Gasteiger partial charge < -0.3 is 0 Å². The Morgan fingerprint density at radius 2 is 1.67 bits per heavy atom. The average molecular weight is 210 g/mol. The van der Waals surface area contributed by atoms with Gasteiger partial charge in [-0.1, -0.05) is 54.4 Å². The zero-order valence-corrected chi connectivity index (χ0v) is 11.6. The van der Waals surface area contributed by atoms with Gasteiger partial charge in [0.15, 0.2) is 0 Å². The highest BCUT2D eigenvalue weighted by Crippen LogP contribution is 2.47. The second kappa shape index (κ2) is 5.37. The van der Waals surface area contributed by atoms with Crippen LogP contribution < -0.4 is 0 Å². The average Bonchev–Trinajstić information content (AvgIpc) is 2.57. The van der Waals surface area contributed by atoms with Crippen LogP contribution >= 0.6 is 0 Å². The summed E-state index contributed by atoms with van der Waals surface area (Å²) in [5.74, 6) is 5.63. The molecule has 1 rings (SSSR count). The van der Waals surface area contributed by atoms with E-state index in [-0.39, 0.29) is 0 Å². The van der Waals surface area contributed by atoms with Crippen LogP contribution in [0.4, 0.5) is 0 Å². The molecule has 0 aromatic rings. The molecule has 0 heteroatoms. The fourth-order valence-corrected chi connectivity index (χ4v) is 3.58. The second-order valence-electron chi connectivity index (χ2n) is 6.28. The Balaban J connectivity index is 2.72. The van der Waals surface area contributed by atoms with E-state index in [2.05, 4.69) is 41.5 Å². The van der Waals surface area contributed by atoms with Crippen molar-refractivity contribution >= 4 is 0 Å². The summed E-state index contributed by atoms with van der Waals surface area (Å²) < 4.78 is 0. The van der Waals surface area contributed by atoms with Gasteiger partial charge in [-0.25, -0.2) is 0 Å². The van der Waals surface area contributed by atoms with E-state index >= 15 is 0 Å². The summed E-state index contributed by atoms with van der Waals surface area (Å²) in [6.07, 6.45) is 4.31. The summed E-state index contributed by atoms with van der Waals surface area (Å²) in [6, 6.07) is 0. The quantitative estimate of drug-likeness (QED) is 0.613. The smallest absolute Gasteiger partial charge is 0.0329 e. The van der Waals surface area contributed by atoms with Gasteiger partial charge >= 0.3 is 0 Å². The van der Waals surface area contributed by atoms with Crippen LogP contribution in [0.5, 0.6) is 0 Å². The molecule has 0 aromatic heterocycles. The van der Waals surface area contributed by atoms with Crippen molar-refractivity contribution in [2.45, 2.75) is 60.8 Å². The third kappa shape index (κ3) is 2.77. The first kappa shape index (κ1) is 13.1. The molecule has 0 spiro atoms. The molecule has 0 nitrogen and oxygen atoms in total. The van der Waals surface area contributed by atoms with Gasteiger partial charge in [-0.3, -0.25) is 0 Å². The summed E-state index contributed by atoms with van der Waals surface area (Å²) in [4.78, 5) is 0. The lowest BCUT2D eigenvalue weighted by Crippen LogP contribution is -2.28. The van der Waals surface area contributed by atoms with E-state index in [0.717, 1.165) is 35.5 Å². The molecule has 0 amide bonds. The van der Waals surface area contributed by atoms with E-state index in [1.165, 1.54) is 19.3 Å². The van der Waals surface area contributed by atoms with Crippen LogP contribution in [-0.4, -0.2) is 0 Å². The molecule has 0 aliphatic heterocycles. The zero-order valence-electron chi connectivity index (χ0n) is 11.6. The summed E-state index contributed by atoms with van der Waals surface area (Å²) >= 11 is 0. The first-order chi connectivity index (χ1) is 6.99. The van der Waals surface area contributed by atoms with Gasteiger partial charge in [0, 0.05) is 0 Å². The first-order valence-corrected chi connectivity index (χ1v) is 6.99. The lowest BCUT2D eigenvalue weighted by molar-refractivity contribution is 0.143. The van der Waals surface area contributed by atoms with Gasteiger partial charge in [-0.05, 0) is 41.9 Å². The molecule has 15 heavy (non-hydrogen) atoms. The highest BCUT2D eigenvalue weighted by atomic mass is 14.4. The van der Waals surface area contributed by atoms with Crippen molar-refractivity contribution in [2.75, 3.05) is 0 Å². The lowest BCUT2D eigenvalue weighted by Gasteiger charge is -2.34. The van der Waals surface area contributed by atoms with Crippen molar-refractivity contribution in [1.82, 2.24) is 0 Å². The predicted molar refractivity (Wildman–Crippen MR) is 68.8 cm³/mol. The molecule has 0 saturated heterocycles. The third-order valence-electron chi connectivity index (χ3n) is 5.14. The second-order valence-corrected chi connectivity index (χ2v) is 6.28. The molecule has 5 atom stereocenters. The minimum atomic E-state index is 0.849. The van der Waals surface area contributed by atoms with Crippen LogP contribution in [0.25, 0.3) is 0 Å². The first-order valence-electron chi connectivity index (χ1n) is 6.99. The molecule has 1 fully saturated rings. The Morgan fingerprint density at radius 1 is 1.07 bits per heavy atom. The monoisotopic (exact) mass is 210 g/mol. The van der Waals surface area contributed by atoms with Crippen molar-refractivity contribution in [1.29, 1.82) is 0 Å². The Hall–Kier alpha value is 0. The highest BCUT2D eigenvalue weighted by molar-refractivity contribution is 4.88. The number of hydrogen-bond donors (Lipinski definition) is 0. The molecule has 0 aromatic carbocycles. The molecule has 1 aliphatic carbocycles. The van der Waals surface area contributed by atoms with E-state index in [4.69, 9.17) is 0 Å². The van der Waals surface area contributed by atoms with Crippen molar-refractivity contribution < 1.29 is 0 Å². The van der Waals surface area contributed by atoms with Crippen molar-refractivity contribution in [3.8, 4) is 0 Å². The predicted octanol–water partition coefficient (Wildman–Crippen LogP) is 4.99. The standard InChI is InChI=1S/C15H30/c1-7-11(4)14-9-8-12(5)15(14)13(6)10(2)3/h10-15H,7-9H2,1-6H3. The number of hydrogen-bond acceptors (Lipinski definition) is 0. The van der Waals surface area contributed by atoms with Crippen molar-refractivity contribution in [2.24, 2.45) is 35.5 Å². The summed E-state index contributed by atoms with van der Waals surface area (Å²) in [7, 11) is 0. The van der Waals surface area contributed by atoms with Gasteiger partial charge in [0.2, 0.25) is 0 Å². The minimum absolute atomic E-state index is 0.849. The van der Waals surface area contributed by atoms with Gasteiger partial charge in [-0.15, -0.1) is 0 Å². The van der Waals surface area contributed by atoms with E-state index in [1.54, 1.807) is 0 Å². The summed E-state index contributed by atoms with van der Waals surface area (Å²) in [5.41, 5.74) is 0. The van der Waals surface area contributed by atoms with E-state index in [0.29, 0.717) is 0 Å². The van der Waals surface area contributed by atoms with Gasteiger partial charge in [0.05, 0.1) is 0 Å². The minimum Gasteiger partial charge on any atom is -0.0651 e. The molecule has 1 aliphatic rings. The van der Waals surface area contributed by atoms with Crippen LogP contribution in [0, 0.1) is 35.5 Å². The zero-order chi connectivity index (χ0) is 11.6. The van der Waals surface area contributed by atoms with Crippen LogP contribution in [0.1, 0.15) is 60.8 Å². The SMILES string of the molecule is CCC(C)C1CCC(C)C1C(C)C(C)C. The highest BCUT2D eigenvalue weighted by Gasteiger charge is 2.39. The third-order valence-corrected chi connectivity index (χ3v) is 5.14. The summed E-state index contributed by atoms with van der Waals surface area (Å²) in [6.45, 7) is 14.6. The molecule has 90 valence electrons. The normalized spacial score (nSPS) is 35.8. The van der Waals surface area contributed by atoms with Crippen LogP contribution in [-0.2, 0) is 0 Å². The maximum atomic E-state index is 2.48. The van der Waals surface area contributed by atoms with Gasteiger partial charge in [0.25, 0.3) is 0 Å². The summed E-state index contributed by atoms with van der Waals surface area (Å²) in [5, 5.41) is 0. The van der Waals surface area contributed by atoms with Gasteiger partial charge in [-0.2, -0.15) is 0 Å². The maximum absolute atomic E-state index is 2.48. The molecule has 0 N–H and O–H groups in total. The molecule has 0 bridgehead atoms. The van der Waals surface area contributed by atoms with E-state index in [1.807, 2.05) is 0 Å². The molecule has 1 saturated carbocycles. The van der Waals surface area contributed by atoms with Crippen molar-refractivity contribution in [3.63, 3.8) is 0 Å². The molecular weight excluding hydrogens is 180 g/mol. The Kier molecular flexibility index (Phi) is 4.67. The van der Waals surface area contributed by atoms with E-state index < -0.39 is 0 Å². The number of rotatable bonds is 4. The lowest BCUT2D eigenvalue weighted by atomic mass is 9.71. The van der Waals surface area contributed by atoms with Crippen LogP contribution in [0.15, 0.2) is 0 Å².